The fourth-order valence-electron chi connectivity index (χ4n) is 1.54. The molecule has 0 spiro atoms. The van der Waals surface area contributed by atoms with Crippen molar-refractivity contribution in [3.8, 4) is 0 Å². The van der Waals surface area contributed by atoms with Crippen LogP contribution in [0.4, 0.5) is 4.39 Å². The van der Waals surface area contributed by atoms with Crippen molar-refractivity contribution in [1.29, 1.82) is 0 Å². The van der Waals surface area contributed by atoms with Crippen LogP contribution in [0.15, 0.2) is 24.3 Å². The van der Waals surface area contributed by atoms with E-state index in [-0.39, 0.29) is 17.8 Å². The molecule has 1 aromatic carbocycles. The van der Waals surface area contributed by atoms with Crippen LogP contribution in [0.25, 0.3) is 0 Å². The van der Waals surface area contributed by atoms with E-state index in [9.17, 15) is 9.18 Å². The number of amides is 1. The number of benzene rings is 1. The summed E-state index contributed by atoms with van der Waals surface area (Å²) in [6.07, 6.45) is 0. The third-order valence-electron chi connectivity index (χ3n) is 2.85. The highest BCUT2D eigenvalue weighted by molar-refractivity contribution is 5.78. The third kappa shape index (κ3) is 3.82. The van der Waals surface area contributed by atoms with E-state index in [1.807, 2.05) is 13.8 Å². The zero-order valence-corrected chi connectivity index (χ0v) is 10.5. The van der Waals surface area contributed by atoms with Crippen LogP contribution in [-0.4, -0.2) is 30.9 Å². The van der Waals surface area contributed by atoms with E-state index in [2.05, 4.69) is 5.32 Å². The van der Waals surface area contributed by atoms with E-state index in [1.54, 1.807) is 24.1 Å². The Labute approximate surface area is 102 Å². The Bertz CT molecular complexity index is 364. The van der Waals surface area contributed by atoms with Gasteiger partial charge in [-0.3, -0.25) is 4.79 Å². The van der Waals surface area contributed by atoms with E-state index < -0.39 is 0 Å². The summed E-state index contributed by atoms with van der Waals surface area (Å²) in [7, 11) is 1.76. The highest BCUT2D eigenvalue weighted by Crippen LogP contribution is 2.18. The Hall–Kier alpha value is -1.42. The molecule has 17 heavy (non-hydrogen) atoms. The number of hydrogen-bond donors (Lipinski definition) is 1. The van der Waals surface area contributed by atoms with Crippen LogP contribution in [0.2, 0.25) is 0 Å². The molecule has 0 radical (unpaired) electrons. The summed E-state index contributed by atoms with van der Waals surface area (Å²) in [4.78, 5) is 13.4. The summed E-state index contributed by atoms with van der Waals surface area (Å²) in [6, 6.07) is 6.18. The van der Waals surface area contributed by atoms with Gasteiger partial charge in [-0.1, -0.05) is 19.1 Å². The predicted molar refractivity (Wildman–Crippen MR) is 66.1 cm³/mol. The van der Waals surface area contributed by atoms with E-state index in [1.165, 1.54) is 12.1 Å². The van der Waals surface area contributed by atoms with Crippen LogP contribution in [0.1, 0.15) is 25.5 Å². The Balaban J connectivity index is 2.65. The molecule has 4 heteroatoms. The van der Waals surface area contributed by atoms with Gasteiger partial charge in [-0.2, -0.15) is 0 Å². The van der Waals surface area contributed by atoms with Crippen LogP contribution in [-0.2, 0) is 4.79 Å². The largest absolute Gasteiger partial charge is 0.338 e. The van der Waals surface area contributed by atoms with Gasteiger partial charge in [-0.15, -0.1) is 0 Å². The second-order valence-corrected chi connectivity index (χ2v) is 4.01. The molecule has 1 amide bonds. The Morgan fingerprint density at radius 3 is 2.53 bits per heavy atom. The number of hydrogen-bond acceptors (Lipinski definition) is 2. The molecule has 1 N–H and O–H groups in total. The molecular formula is C13H19FN2O. The smallest absolute Gasteiger partial charge is 0.236 e. The van der Waals surface area contributed by atoms with Crippen LogP contribution in [0.5, 0.6) is 0 Å². The highest BCUT2D eigenvalue weighted by Gasteiger charge is 2.16. The van der Waals surface area contributed by atoms with Crippen molar-refractivity contribution in [3.05, 3.63) is 35.6 Å². The molecule has 1 aromatic rings. The molecule has 1 unspecified atom stereocenters. The number of likely N-dealkylation sites (N-methyl/N-ethyl adjacent to an activating group) is 2. The van der Waals surface area contributed by atoms with Gasteiger partial charge in [0.05, 0.1) is 12.6 Å². The Kier molecular flexibility index (Phi) is 5.10. The zero-order valence-electron chi connectivity index (χ0n) is 10.5. The molecule has 0 saturated heterocycles. The lowest BCUT2D eigenvalue weighted by Crippen LogP contribution is -2.37. The van der Waals surface area contributed by atoms with Gasteiger partial charge in [0.1, 0.15) is 5.82 Å². The molecule has 1 rings (SSSR count). The van der Waals surface area contributed by atoms with Gasteiger partial charge < -0.3 is 10.2 Å². The lowest BCUT2D eigenvalue weighted by Gasteiger charge is -2.25. The van der Waals surface area contributed by atoms with E-state index in [4.69, 9.17) is 0 Å². The van der Waals surface area contributed by atoms with Crippen molar-refractivity contribution < 1.29 is 9.18 Å². The number of rotatable bonds is 5. The van der Waals surface area contributed by atoms with Crippen molar-refractivity contribution in [3.63, 3.8) is 0 Å². The average Bonchev–Trinajstić information content (AvgIpc) is 2.35. The molecule has 0 fully saturated rings. The van der Waals surface area contributed by atoms with Gasteiger partial charge in [-0.25, -0.2) is 4.39 Å². The summed E-state index contributed by atoms with van der Waals surface area (Å²) in [5.41, 5.74) is 0.929. The van der Waals surface area contributed by atoms with Gasteiger partial charge in [0.25, 0.3) is 0 Å². The summed E-state index contributed by atoms with van der Waals surface area (Å²) >= 11 is 0. The minimum atomic E-state index is -0.262. The molecule has 0 saturated carbocycles. The number of carbonyl (C=O) groups is 1. The molecule has 3 nitrogen and oxygen atoms in total. The SMILES string of the molecule is CCNCC(=O)N(C)C(C)c1ccc(F)cc1. The minimum absolute atomic E-state index is 0.0312. The van der Waals surface area contributed by atoms with Gasteiger partial charge >= 0.3 is 0 Å². The van der Waals surface area contributed by atoms with Crippen LogP contribution in [0.3, 0.4) is 0 Å². The first kappa shape index (κ1) is 13.6. The topological polar surface area (TPSA) is 32.3 Å². The van der Waals surface area contributed by atoms with Gasteiger partial charge in [-0.05, 0) is 31.2 Å². The predicted octanol–water partition coefficient (Wildman–Crippen LogP) is 1.95. The minimum Gasteiger partial charge on any atom is -0.338 e. The van der Waals surface area contributed by atoms with Crippen molar-refractivity contribution in [2.45, 2.75) is 19.9 Å². The summed E-state index contributed by atoms with van der Waals surface area (Å²) in [5, 5.41) is 2.99. The van der Waals surface area contributed by atoms with Crippen molar-refractivity contribution >= 4 is 5.91 Å². The third-order valence-corrected chi connectivity index (χ3v) is 2.85. The second-order valence-electron chi connectivity index (χ2n) is 4.01. The summed E-state index contributed by atoms with van der Waals surface area (Å²) in [5.74, 6) is -0.230. The maximum Gasteiger partial charge on any atom is 0.236 e. The van der Waals surface area contributed by atoms with Crippen LogP contribution in [0, 0.1) is 5.82 Å². The zero-order chi connectivity index (χ0) is 12.8. The van der Waals surface area contributed by atoms with Gasteiger partial charge in [0, 0.05) is 7.05 Å². The second kappa shape index (κ2) is 6.35. The molecule has 0 bridgehead atoms. The summed E-state index contributed by atoms with van der Waals surface area (Å²) in [6.45, 7) is 4.98. The Morgan fingerprint density at radius 2 is 2.00 bits per heavy atom. The molecule has 0 heterocycles. The number of nitrogens with zero attached hydrogens (tertiary/aromatic N) is 1. The van der Waals surface area contributed by atoms with Crippen molar-refractivity contribution in [1.82, 2.24) is 10.2 Å². The molecular weight excluding hydrogens is 219 g/mol. The lowest BCUT2D eigenvalue weighted by atomic mass is 10.1. The number of carbonyl (C=O) groups excluding carboxylic acids is 1. The fraction of sp³-hybridized carbons (Fsp3) is 0.462. The highest BCUT2D eigenvalue weighted by atomic mass is 19.1. The van der Waals surface area contributed by atoms with Crippen molar-refractivity contribution in [2.75, 3.05) is 20.1 Å². The molecule has 0 aliphatic carbocycles. The lowest BCUT2D eigenvalue weighted by molar-refractivity contribution is -0.130. The average molecular weight is 238 g/mol. The standard InChI is InChI=1S/C13H19FN2O/c1-4-15-9-13(17)16(3)10(2)11-5-7-12(14)8-6-11/h5-8,10,15H,4,9H2,1-3H3. The molecule has 94 valence electrons. The first-order valence-electron chi connectivity index (χ1n) is 5.78. The van der Waals surface area contributed by atoms with Gasteiger partial charge in [0.2, 0.25) is 5.91 Å². The van der Waals surface area contributed by atoms with Crippen LogP contribution < -0.4 is 5.32 Å². The Morgan fingerprint density at radius 1 is 1.41 bits per heavy atom. The van der Waals surface area contributed by atoms with E-state index in [0.29, 0.717) is 6.54 Å². The van der Waals surface area contributed by atoms with Crippen molar-refractivity contribution in [2.24, 2.45) is 0 Å². The fourth-order valence-corrected chi connectivity index (χ4v) is 1.54. The van der Waals surface area contributed by atoms with Crippen LogP contribution >= 0.6 is 0 Å². The van der Waals surface area contributed by atoms with E-state index in [0.717, 1.165) is 12.1 Å². The van der Waals surface area contributed by atoms with Gasteiger partial charge in [0.15, 0.2) is 0 Å². The molecule has 0 aliphatic heterocycles. The normalized spacial score (nSPS) is 12.2. The maximum atomic E-state index is 12.8. The monoisotopic (exact) mass is 238 g/mol. The first-order chi connectivity index (χ1) is 8.06. The maximum absolute atomic E-state index is 12.8. The molecule has 0 aliphatic rings. The quantitative estimate of drug-likeness (QED) is 0.850. The number of nitrogens with one attached hydrogen (secondary N) is 1. The summed E-state index contributed by atoms with van der Waals surface area (Å²) < 4.78 is 12.8. The molecule has 0 aromatic heterocycles. The number of halogens is 1. The van der Waals surface area contributed by atoms with E-state index >= 15 is 0 Å². The first-order valence-corrected chi connectivity index (χ1v) is 5.78. The molecule has 1 atom stereocenters.